The van der Waals surface area contributed by atoms with Crippen molar-refractivity contribution >= 4 is 52.2 Å². The molecule has 0 radical (unpaired) electrons. The van der Waals surface area contributed by atoms with E-state index >= 15 is 0 Å². The minimum atomic E-state index is 0. The van der Waals surface area contributed by atoms with Gasteiger partial charge in [0.15, 0.2) is 5.96 Å². The number of aliphatic imine (C=N–C) groups is 1. The number of thiophene rings is 1. The molecule has 1 atom stereocenters. The number of nitrogens with one attached hydrogen (secondary N) is 2. The summed E-state index contributed by atoms with van der Waals surface area (Å²) in [6.45, 7) is 6.66. The zero-order valence-electron chi connectivity index (χ0n) is 15.1. The number of rotatable bonds is 6. The summed E-state index contributed by atoms with van der Waals surface area (Å²) in [6, 6.07) is 14.5. The van der Waals surface area contributed by atoms with Crippen LogP contribution < -0.4 is 10.6 Å². The van der Waals surface area contributed by atoms with E-state index in [4.69, 9.17) is 4.99 Å². The van der Waals surface area contributed by atoms with Crippen LogP contribution in [0.1, 0.15) is 30.2 Å². The Morgan fingerprint density at radius 1 is 1.15 bits per heavy atom. The van der Waals surface area contributed by atoms with Crippen LogP contribution in [0.4, 0.5) is 0 Å². The van der Waals surface area contributed by atoms with Crippen LogP contribution in [0.15, 0.2) is 59.0 Å². The molecule has 26 heavy (non-hydrogen) atoms. The van der Waals surface area contributed by atoms with E-state index in [1.54, 1.807) is 11.3 Å². The van der Waals surface area contributed by atoms with E-state index in [0.29, 0.717) is 12.5 Å². The molecule has 138 valence electrons. The lowest BCUT2D eigenvalue weighted by molar-refractivity contribution is 0.709. The van der Waals surface area contributed by atoms with E-state index in [-0.39, 0.29) is 24.0 Å². The third kappa shape index (κ3) is 5.41. The summed E-state index contributed by atoms with van der Waals surface area (Å²) in [6.07, 6.45) is 1.85. The second-order valence-corrected chi connectivity index (χ2v) is 6.96. The highest BCUT2D eigenvalue weighted by molar-refractivity contribution is 14.0. The van der Waals surface area contributed by atoms with Crippen LogP contribution in [0, 0.1) is 0 Å². The summed E-state index contributed by atoms with van der Waals surface area (Å²) in [5.41, 5.74) is 2.20. The molecule has 0 bridgehead atoms. The van der Waals surface area contributed by atoms with Crippen molar-refractivity contribution in [1.82, 2.24) is 15.6 Å². The maximum absolute atomic E-state index is 4.76. The molecule has 0 aliphatic heterocycles. The molecule has 2 N–H and O–H groups in total. The first-order valence-corrected chi connectivity index (χ1v) is 9.54. The number of fused-ring (bicyclic) bond motifs is 1. The van der Waals surface area contributed by atoms with Crippen molar-refractivity contribution in [2.75, 3.05) is 13.1 Å². The first-order chi connectivity index (χ1) is 12.3. The fourth-order valence-corrected chi connectivity index (χ4v) is 3.51. The minimum Gasteiger partial charge on any atom is -0.357 e. The fraction of sp³-hybridized carbons (Fsp3) is 0.300. The highest BCUT2D eigenvalue weighted by Crippen LogP contribution is 2.20. The molecular weight excluding hydrogens is 455 g/mol. The van der Waals surface area contributed by atoms with Gasteiger partial charge < -0.3 is 10.6 Å². The van der Waals surface area contributed by atoms with Crippen LogP contribution in [0.5, 0.6) is 0 Å². The Balaban J connectivity index is 0.00000243. The van der Waals surface area contributed by atoms with Gasteiger partial charge in [-0.25, -0.2) is 4.99 Å². The molecule has 1 unspecified atom stereocenters. The number of hydrogen-bond donors (Lipinski definition) is 2. The van der Waals surface area contributed by atoms with E-state index in [0.717, 1.165) is 30.0 Å². The van der Waals surface area contributed by atoms with Gasteiger partial charge in [0.25, 0.3) is 0 Å². The van der Waals surface area contributed by atoms with Gasteiger partial charge in [-0.1, -0.05) is 31.2 Å². The highest BCUT2D eigenvalue weighted by atomic mass is 127. The molecule has 0 aliphatic rings. The van der Waals surface area contributed by atoms with Gasteiger partial charge in [0.1, 0.15) is 0 Å². The average Bonchev–Trinajstić information content (AvgIpc) is 3.18. The van der Waals surface area contributed by atoms with E-state index in [2.05, 4.69) is 53.0 Å². The normalized spacial score (nSPS) is 12.5. The van der Waals surface area contributed by atoms with Gasteiger partial charge in [0, 0.05) is 35.5 Å². The molecule has 0 saturated carbocycles. The van der Waals surface area contributed by atoms with Crippen LogP contribution in [-0.4, -0.2) is 24.0 Å². The molecule has 2 aromatic heterocycles. The molecule has 0 aliphatic carbocycles. The van der Waals surface area contributed by atoms with E-state index in [1.165, 1.54) is 10.4 Å². The maximum Gasteiger partial charge on any atom is 0.191 e. The quantitative estimate of drug-likeness (QED) is 0.304. The van der Waals surface area contributed by atoms with Gasteiger partial charge in [-0.2, -0.15) is 0 Å². The third-order valence-corrected chi connectivity index (χ3v) is 5.20. The van der Waals surface area contributed by atoms with E-state index in [1.807, 2.05) is 30.5 Å². The van der Waals surface area contributed by atoms with Crippen molar-refractivity contribution in [2.24, 2.45) is 4.99 Å². The van der Waals surface area contributed by atoms with Crippen molar-refractivity contribution < 1.29 is 0 Å². The molecule has 4 nitrogen and oxygen atoms in total. The monoisotopic (exact) mass is 480 g/mol. The van der Waals surface area contributed by atoms with Crippen molar-refractivity contribution in [2.45, 2.75) is 26.3 Å². The number of nitrogens with zero attached hydrogens (tertiary/aromatic N) is 2. The highest BCUT2D eigenvalue weighted by Gasteiger charge is 2.08. The molecule has 6 heteroatoms. The van der Waals surface area contributed by atoms with Gasteiger partial charge in [-0.15, -0.1) is 35.3 Å². The predicted octanol–water partition coefficient (Wildman–Crippen LogP) is 4.77. The fourth-order valence-electron chi connectivity index (χ4n) is 2.72. The number of hydrogen-bond acceptors (Lipinski definition) is 3. The molecule has 3 rings (SSSR count). The number of guanidine groups is 1. The number of pyridine rings is 1. The molecule has 0 amide bonds. The number of para-hydroxylation sites is 1. The number of benzene rings is 1. The van der Waals surface area contributed by atoms with Gasteiger partial charge in [0.05, 0.1) is 12.1 Å². The van der Waals surface area contributed by atoms with Crippen LogP contribution in [0.2, 0.25) is 0 Å². The Bertz CT molecular complexity index is 827. The summed E-state index contributed by atoms with van der Waals surface area (Å²) in [4.78, 5) is 10.6. The van der Waals surface area contributed by atoms with E-state index < -0.39 is 0 Å². The van der Waals surface area contributed by atoms with Crippen molar-refractivity contribution in [3.63, 3.8) is 0 Å². The Kier molecular flexibility index (Phi) is 8.31. The van der Waals surface area contributed by atoms with Crippen molar-refractivity contribution in [3.8, 4) is 0 Å². The first kappa shape index (κ1) is 20.6. The number of halogens is 1. The topological polar surface area (TPSA) is 49.3 Å². The lowest BCUT2D eigenvalue weighted by Crippen LogP contribution is -2.39. The van der Waals surface area contributed by atoms with Crippen LogP contribution in [0.3, 0.4) is 0 Å². The van der Waals surface area contributed by atoms with Gasteiger partial charge >= 0.3 is 0 Å². The SMILES string of the molecule is CCNC(=NCc1ccnc2ccccc12)NCC(C)c1cccs1.I. The summed E-state index contributed by atoms with van der Waals surface area (Å²) in [7, 11) is 0. The summed E-state index contributed by atoms with van der Waals surface area (Å²) < 4.78 is 0. The zero-order valence-corrected chi connectivity index (χ0v) is 18.3. The molecule has 0 fully saturated rings. The second kappa shape index (κ2) is 10.5. The Hall–Kier alpha value is -1.67. The van der Waals surface area contributed by atoms with Crippen molar-refractivity contribution in [3.05, 3.63) is 64.5 Å². The Labute approximate surface area is 176 Å². The lowest BCUT2D eigenvalue weighted by atomic mass is 10.1. The maximum atomic E-state index is 4.76. The Morgan fingerprint density at radius 2 is 2.00 bits per heavy atom. The molecule has 0 saturated heterocycles. The van der Waals surface area contributed by atoms with Crippen LogP contribution >= 0.6 is 35.3 Å². The van der Waals surface area contributed by atoms with Crippen LogP contribution in [0.25, 0.3) is 10.9 Å². The Morgan fingerprint density at radius 3 is 2.77 bits per heavy atom. The van der Waals surface area contributed by atoms with Gasteiger partial charge in [-0.05, 0) is 36.1 Å². The summed E-state index contributed by atoms with van der Waals surface area (Å²) in [5.74, 6) is 1.32. The lowest BCUT2D eigenvalue weighted by Gasteiger charge is -2.15. The first-order valence-electron chi connectivity index (χ1n) is 8.66. The van der Waals surface area contributed by atoms with E-state index in [9.17, 15) is 0 Å². The van der Waals surface area contributed by atoms with Gasteiger partial charge in [-0.3, -0.25) is 4.98 Å². The molecular formula is C20H25IN4S. The summed E-state index contributed by atoms with van der Waals surface area (Å²) in [5, 5.41) is 10.1. The minimum absolute atomic E-state index is 0. The predicted molar refractivity (Wildman–Crippen MR) is 123 cm³/mol. The van der Waals surface area contributed by atoms with Gasteiger partial charge in [0.2, 0.25) is 0 Å². The summed E-state index contributed by atoms with van der Waals surface area (Å²) >= 11 is 1.80. The number of aromatic nitrogens is 1. The van der Waals surface area contributed by atoms with Crippen molar-refractivity contribution in [1.29, 1.82) is 0 Å². The average molecular weight is 480 g/mol. The molecule has 2 heterocycles. The zero-order chi connectivity index (χ0) is 17.5. The molecule has 1 aromatic carbocycles. The second-order valence-electron chi connectivity index (χ2n) is 5.98. The largest absolute Gasteiger partial charge is 0.357 e. The van der Waals surface area contributed by atoms with Crippen LogP contribution in [-0.2, 0) is 6.54 Å². The molecule has 0 spiro atoms. The molecule has 3 aromatic rings. The smallest absolute Gasteiger partial charge is 0.191 e. The third-order valence-electron chi connectivity index (χ3n) is 4.10. The standard InChI is InChI=1S/C20H24N4S.HI/c1-3-21-20(23-13-15(2)19-9-6-12-25-19)24-14-16-10-11-22-18-8-5-4-7-17(16)18;/h4-12,15H,3,13-14H2,1-2H3,(H2,21,23,24);1H.